The van der Waals surface area contributed by atoms with Crippen molar-refractivity contribution in [1.82, 2.24) is 4.98 Å². The molecule has 0 unspecified atom stereocenters. The van der Waals surface area contributed by atoms with Gasteiger partial charge in [-0.2, -0.15) is 0 Å². The molecular weight excluding hydrogens is 270 g/mol. The first-order chi connectivity index (χ1) is 7.79. The Labute approximate surface area is 101 Å². The highest BCUT2D eigenvalue weighted by molar-refractivity contribution is 9.10. The highest BCUT2D eigenvalue weighted by Crippen LogP contribution is 2.25. The van der Waals surface area contributed by atoms with Crippen LogP contribution >= 0.6 is 15.9 Å². The third-order valence-electron chi connectivity index (χ3n) is 1.97. The molecule has 0 radical (unpaired) electrons. The monoisotopic (exact) mass is 277 g/mol. The number of pyridine rings is 1. The predicted octanol–water partition coefficient (Wildman–Crippen LogP) is 3.45. The van der Waals surface area contributed by atoms with Crippen LogP contribution in [0.5, 0.6) is 11.5 Å². The van der Waals surface area contributed by atoms with E-state index in [1.165, 1.54) is 0 Å². The Balaban J connectivity index is 2.23. The number of nitrogens with zero attached hydrogens (tertiary/aromatic N) is 1. The van der Waals surface area contributed by atoms with Crippen molar-refractivity contribution in [1.29, 1.82) is 0 Å². The van der Waals surface area contributed by atoms with Gasteiger partial charge in [-0.1, -0.05) is 0 Å². The van der Waals surface area contributed by atoms with Crippen molar-refractivity contribution >= 4 is 22.2 Å². The van der Waals surface area contributed by atoms with Crippen molar-refractivity contribution in [2.45, 2.75) is 0 Å². The van der Waals surface area contributed by atoms with Crippen LogP contribution < -0.4 is 4.74 Å². The molecule has 2 aromatic rings. The fraction of sp³-hybridized carbons (Fsp3) is 0. The Morgan fingerprint density at radius 1 is 1.25 bits per heavy atom. The molecule has 0 aliphatic carbocycles. The molecule has 0 spiro atoms. The van der Waals surface area contributed by atoms with Gasteiger partial charge in [-0.15, -0.1) is 0 Å². The van der Waals surface area contributed by atoms with Gasteiger partial charge in [0.15, 0.2) is 6.29 Å². The zero-order chi connectivity index (χ0) is 11.4. The largest absolute Gasteiger partial charge is 0.456 e. The summed E-state index contributed by atoms with van der Waals surface area (Å²) in [6.07, 6.45) is 4.09. The van der Waals surface area contributed by atoms with Crippen LogP contribution in [0.4, 0.5) is 0 Å². The maximum Gasteiger partial charge on any atom is 0.151 e. The second kappa shape index (κ2) is 4.90. The molecule has 1 aromatic carbocycles. The molecule has 0 saturated heterocycles. The highest BCUT2D eigenvalue weighted by atomic mass is 79.9. The average Bonchev–Trinajstić information content (AvgIpc) is 2.31. The Morgan fingerprint density at radius 2 is 2.12 bits per heavy atom. The molecule has 0 bridgehead atoms. The van der Waals surface area contributed by atoms with Crippen LogP contribution in [-0.4, -0.2) is 11.3 Å². The zero-order valence-electron chi connectivity index (χ0n) is 8.26. The predicted molar refractivity (Wildman–Crippen MR) is 63.8 cm³/mol. The molecule has 0 amide bonds. The second-order valence-electron chi connectivity index (χ2n) is 3.09. The molecule has 1 aromatic heterocycles. The van der Waals surface area contributed by atoms with Gasteiger partial charge < -0.3 is 4.74 Å². The molecule has 4 heteroatoms. The van der Waals surface area contributed by atoms with Crippen LogP contribution in [0.3, 0.4) is 0 Å². The summed E-state index contributed by atoms with van der Waals surface area (Å²) >= 11 is 3.29. The van der Waals surface area contributed by atoms with Gasteiger partial charge in [0, 0.05) is 16.2 Å². The molecule has 80 valence electrons. The lowest BCUT2D eigenvalue weighted by molar-refractivity contribution is 0.112. The number of hydrogen-bond donors (Lipinski definition) is 0. The number of aromatic nitrogens is 1. The fourth-order valence-electron chi connectivity index (χ4n) is 1.21. The third-order valence-corrected chi connectivity index (χ3v) is 2.66. The van der Waals surface area contributed by atoms with Crippen LogP contribution in [0.15, 0.2) is 47.2 Å². The summed E-state index contributed by atoms with van der Waals surface area (Å²) in [7, 11) is 0. The minimum Gasteiger partial charge on any atom is -0.456 e. The van der Waals surface area contributed by atoms with E-state index in [0.717, 1.165) is 6.29 Å². The van der Waals surface area contributed by atoms with E-state index in [4.69, 9.17) is 4.74 Å². The first kappa shape index (κ1) is 10.8. The summed E-state index contributed by atoms with van der Waals surface area (Å²) in [6, 6.07) is 8.79. The van der Waals surface area contributed by atoms with E-state index in [9.17, 15) is 4.79 Å². The summed E-state index contributed by atoms with van der Waals surface area (Å²) in [5.74, 6) is 1.32. The Bertz CT molecular complexity index is 500. The number of ether oxygens (including phenoxy) is 1. The molecule has 0 atom stereocenters. The number of halogens is 1. The first-order valence-electron chi connectivity index (χ1n) is 4.62. The summed E-state index contributed by atoms with van der Waals surface area (Å²) in [6.45, 7) is 0. The van der Waals surface area contributed by atoms with Gasteiger partial charge in [-0.05, 0) is 46.3 Å². The van der Waals surface area contributed by atoms with Crippen LogP contribution in [0, 0.1) is 0 Å². The second-order valence-corrected chi connectivity index (χ2v) is 3.95. The minimum atomic E-state index is 0.596. The van der Waals surface area contributed by atoms with Crippen LogP contribution in [0.25, 0.3) is 0 Å². The average molecular weight is 278 g/mol. The summed E-state index contributed by atoms with van der Waals surface area (Å²) in [5.41, 5.74) is 0.596. The van der Waals surface area contributed by atoms with E-state index < -0.39 is 0 Å². The van der Waals surface area contributed by atoms with Crippen molar-refractivity contribution in [2.24, 2.45) is 0 Å². The van der Waals surface area contributed by atoms with Gasteiger partial charge in [-0.25, -0.2) is 0 Å². The number of hydrogen-bond acceptors (Lipinski definition) is 3. The van der Waals surface area contributed by atoms with Gasteiger partial charge in [0.05, 0.1) is 6.20 Å². The number of rotatable bonds is 3. The van der Waals surface area contributed by atoms with Gasteiger partial charge in [0.2, 0.25) is 0 Å². The third kappa shape index (κ3) is 2.46. The lowest BCUT2D eigenvalue weighted by Gasteiger charge is -2.05. The molecule has 0 fully saturated rings. The van der Waals surface area contributed by atoms with Gasteiger partial charge in [0.25, 0.3) is 0 Å². The Morgan fingerprint density at radius 3 is 2.75 bits per heavy atom. The molecule has 1 heterocycles. The summed E-state index contributed by atoms with van der Waals surface area (Å²) in [4.78, 5) is 14.6. The lowest BCUT2D eigenvalue weighted by Crippen LogP contribution is -1.87. The number of aldehydes is 1. The van der Waals surface area contributed by atoms with Gasteiger partial charge >= 0.3 is 0 Å². The van der Waals surface area contributed by atoms with Crippen molar-refractivity contribution in [3.05, 3.63) is 52.8 Å². The van der Waals surface area contributed by atoms with Crippen LogP contribution in [-0.2, 0) is 0 Å². The normalized spacial score (nSPS) is 9.81. The van der Waals surface area contributed by atoms with Crippen molar-refractivity contribution < 1.29 is 9.53 Å². The number of carbonyl (C=O) groups is 1. The SMILES string of the molecule is O=Cc1ccc(Oc2cccnc2)cc1Br. The van der Waals surface area contributed by atoms with E-state index >= 15 is 0 Å². The fourth-order valence-corrected chi connectivity index (χ4v) is 1.66. The minimum absolute atomic E-state index is 0.596. The molecular formula is C12H8BrNO2. The van der Waals surface area contributed by atoms with Crippen molar-refractivity contribution in [3.8, 4) is 11.5 Å². The molecule has 0 aliphatic rings. The van der Waals surface area contributed by atoms with E-state index in [-0.39, 0.29) is 0 Å². The smallest absolute Gasteiger partial charge is 0.151 e. The van der Waals surface area contributed by atoms with Crippen molar-refractivity contribution in [3.63, 3.8) is 0 Å². The molecule has 0 aliphatic heterocycles. The molecule has 0 saturated carbocycles. The zero-order valence-corrected chi connectivity index (χ0v) is 9.85. The Kier molecular flexibility index (Phi) is 3.31. The molecule has 3 nitrogen and oxygen atoms in total. The van der Waals surface area contributed by atoms with Crippen LogP contribution in [0.1, 0.15) is 10.4 Å². The van der Waals surface area contributed by atoms with E-state index in [2.05, 4.69) is 20.9 Å². The number of benzene rings is 1. The van der Waals surface area contributed by atoms with Gasteiger partial charge in [0.1, 0.15) is 11.5 Å². The standard InChI is InChI=1S/C12H8BrNO2/c13-12-6-10(4-3-9(12)8-15)16-11-2-1-5-14-7-11/h1-8H. The summed E-state index contributed by atoms with van der Waals surface area (Å²) in [5, 5.41) is 0. The molecule has 0 N–H and O–H groups in total. The van der Waals surface area contributed by atoms with E-state index in [1.54, 1.807) is 36.7 Å². The first-order valence-corrected chi connectivity index (χ1v) is 5.41. The van der Waals surface area contributed by atoms with Crippen molar-refractivity contribution in [2.75, 3.05) is 0 Å². The maximum absolute atomic E-state index is 10.6. The van der Waals surface area contributed by atoms with Gasteiger partial charge in [-0.3, -0.25) is 9.78 Å². The number of carbonyl (C=O) groups excluding carboxylic acids is 1. The molecule has 16 heavy (non-hydrogen) atoms. The van der Waals surface area contributed by atoms with Crippen LogP contribution in [0.2, 0.25) is 0 Å². The summed E-state index contributed by atoms with van der Waals surface area (Å²) < 4.78 is 6.26. The van der Waals surface area contributed by atoms with E-state index in [1.807, 2.05) is 6.07 Å². The quantitative estimate of drug-likeness (QED) is 0.807. The highest BCUT2D eigenvalue weighted by Gasteiger charge is 2.02. The lowest BCUT2D eigenvalue weighted by atomic mass is 10.2. The topological polar surface area (TPSA) is 39.2 Å². The molecule has 2 rings (SSSR count). The maximum atomic E-state index is 10.6. The Hall–Kier alpha value is -1.68. The van der Waals surface area contributed by atoms with E-state index in [0.29, 0.717) is 21.5 Å².